The van der Waals surface area contributed by atoms with Gasteiger partial charge in [-0.2, -0.15) is 0 Å². The third-order valence-corrected chi connectivity index (χ3v) is 3.50. The summed E-state index contributed by atoms with van der Waals surface area (Å²) < 4.78 is 0. The number of rotatable bonds is 2. The Labute approximate surface area is 75.1 Å². The molecule has 1 aliphatic carbocycles. The van der Waals surface area contributed by atoms with Gasteiger partial charge in [-0.25, -0.2) is 0 Å². The minimum absolute atomic E-state index is 0.833. The second kappa shape index (κ2) is 3.75. The SMILES string of the molecule is NCCN1C[C@H]2CCCC[C@H]2C1. The second-order valence-corrected chi connectivity index (χ2v) is 4.35. The molecule has 1 aliphatic heterocycles. The highest BCUT2D eigenvalue weighted by molar-refractivity contribution is 4.86. The van der Waals surface area contributed by atoms with E-state index in [0.29, 0.717) is 0 Å². The summed E-state index contributed by atoms with van der Waals surface area (Å²) in [6.07, 6.45) is 5.90. The third kappa shape index (κ3) is 1.64. The van der Waals surface area contributed by atoms with Crippen molar-refractivity contribution in [2.75, 3.05) is 26.2 Å². The molecule has 0 aromatic heterocycles. The van der Waals surface area contributed by atoms with Gasteiger partial charge in [0.1, 0.15) is 0 Å². The van der Waals surface area contributed by atoms with Gasteiger partial charge in [-0.3, -0.25) is 0 Å². The fourth-order valence-electron chi connectivity index (χ4n) is 2.87. The second-order valence-electron chi connectivity index (χ2n) is 4.35. The van der Waals surface area contributed by atoms with E-state index in [9.17, 15) is 0 Å². The zero-order chi connectivity index (χ0) is 8.39. The first-order valence-corrected chi connectivity index (χ1v) is 5.32. The quantitative estimate of drug-likeness (QED) is 0.668. The van der Waals surface area contributed by atoms with Crippen LogP contribution in [0.3, 0.4) is 0 Å². The van der Waals surface area contributed by atoms with Crippen molar-refractivity contribution in [1.29, 1.82) is 0 Å². The number of hydrogen-bond acceptors (Lipinski definition) is 2. The Morgan fingerprint density at radius 1 is 1.08 bits per heavy atom. The van der Waals surface area contributed by atoms with Crippen molar-refractivity contribution in [3.8, 4) is 0 Å². The van der Waals surface area contributed by atoms with E-state index in [1.54, 1.807) is 0 Å². The Balaban J connectivity index is 1.85. The van der Waals surface area contributed by atoms with Crippen LogP contribution < -0.4 is 5.73 Å². The Morgan fingerprint density at radius 2 is 1.67 bits per heavy atom. The monoisotopic (exact) mass is 168 g/mol. The predicted octanol–water partition coefficient (Wildman–Crippen LogP) is 1.07. The first kappa shape index (κ1) is 8.52. The van der Waals surface area contributed by atoms with Gasteiger partial charge in [0.15, 0.2) is 0 Å². The van der Waals surface area contributed by atoms with Crippen LogP contribution in [0.4, 0.5) is 0 Å². The molecule has 70 valence electrons. The van der Waals surface area contributed by atoms with E-state index in [2.05, 4.69) is 4.90 Å². The lowest BCUT2D eigenvalue weighted by Crippen LogP contribution is -2.27. The molecule has 1 saturated carbocycles. The van der Waals surface area contributed by atoms with Gasteiger partial charge in [0.25, 0.3) is 0 Å². The molecule has 2 atom stereocenters. The molecule has 0 spiro atoms. The highest BCUT2D eigenvalue weighted by Crippen LogP contribution is 2.35. The van der Waals surface area contributed by atoms with E-state index in [0.717, 1.165) is 24.9 Å². The molecule has 0 aromatic rings. The lowest BCUT2D eigenvalue weighted by atomic mass is 9.82. The van der Waals surface area contributed by atoms with Crippen LogP contribution in [0.5, 0.6) is 0 Å². The fraction of sp³-hybridized carbons (Fsp3) is 1.00. The highest BCUT2D eigenvalue weighted by atomic mass is 15.2. The molecular weight excluding hydrogens is 148 g/mol. The molecule has 0 radical (unpaired) electrons. The van der Waals surface area contributed by atoms with Crippen LogP contribution in [0, 0.1) is 11.8 Å². The lowest BCUT2D eigenvalue weighted by molar-refractivity contribution is 0.299. The average Bonchev–Trinajstić information content (AvgIpc) is 2.47. The minimum atomic E-state index is 0.833. The predicted molar refractivity (Wildman–Crippen MR) is 50.9 cm³/mol. The van der Waals surface area contributed by atoms with Gasteiger partial charge in [0, 0.05) is 26.2 Å². The van der Waals surface area contributed by atoms with Gasteiger partial charge in [0.05, 0.1) is 0 Å². The van der Waals surface area contributed by atoms with Crippen LogP contribution in [-0.4, -0.2) is 31.1 Å². The van der Waals surface area contributed by atoms with Crippen molar-refractivity contribution in [2.45, 2.75) is 25.7 Å². The van der Waals surface area contributed by atoms with Crippen LogP contribution in [-0.2, 0) is 0 Å². The van der Waals surface area contributed by atoms with Crippen molar-refractivity contribution in [3.05, 3.63) is 0 Å². The summed E-state index contributed by atoms with van der Waals surface area (Å²) in [7, 11) is 0. The summed E-state index contributed by atoms with van der Waals surface area (Å²) >= 11 is 0. The summed E-state index contributed by atoms with van der Waals surface area (Å²) in [5, 5.41) is 0. The molecule has 2 nitrogen and oxygen atoms in total. The van der Waals surface area contributed by atoms with E-state index >= 15 is 0 Å². The normalized spacial score (nSPS) is 36.8. The summed E-state index contributed by atoms with van der Waals surface area (Å²) in [6.45, 7) is 4.62. The Hall–Kier alpha value is -0.0800. The summed E-state index contributed by atoms with van der Waals surface area (Å²) in [4.78, 5) is 2.56. The van der Waals surface area contributed by atoms with E-state index in [4.69, 9.17) is 5.73 Å². The fourth-order valence-corrected chi connectivity index (χ4v) is 2.87. The first-order valence-electron chi connectivity index (χ1n) is 5.32. The van der Waals surface area contributed by atoms with E-state index in [1.165, 1.54) is 38.8 Å². The van der Waals surface area contributed by atoms with Crippen molar-refractivity contribution >= 4 is 0 Å². The topological polar surface area (TPSA) is 29.3 Å². The molecule has 2 heteroatoms. The molecule has 1 saturated heterocycles. The molecule has 1 heterocycles. The molecule has 2 aliphatic rings. The largest absolute Gasteiger partial charge is 0.329 e. The van der Waals surface area contributed by atoms with Crippen molar-refractivity contribution in [3.63, 3.8) is 0 Å². The third-order valence-electron chi connectivity index (χ3n) is 3.50. The van der Waals surface area contributed by atoms with E-state index < -0.39 is 0 Å². The van der Waals surface area contributed by atoms with Gasteiger partial charge in [0.2, 0.25) is 0 Å². The van der Waals surface area contributed by atoms with Crippen molar-refractivity contribution < 1.29 is 0 Å². The summed E-state index contributed by atoms with van der Waals surface area (Å²) in [5.74, 6) is 2.04. The average molecular weight is 168 g/mol. The number of fused-ring (bicyclic) bond motifs is 1. The Kier molecular flexibility index (Phi) is 2.66. The molecular formula is C10H20N2. The zero-order valence-corrected chi connectivity index (χ0v) is 7.84. The minimum Gasteiger partial charge on any atom is -0.329 e. The molecule has 0 bridgehead atoms. The number of nitrogens with two attached hydrogens (primary N) is 1. The summed E-state index contributed by atoms with van der Waals surface area (Å²) in [5.41, 5.74) is 5.56. The lowest BCUT2D eigenvalue weighted by Gasteiger charge is -2.23. The van der Waals surface area contributed by atoms with Crippen LogP contribution in [0.25, 0.3) is 0 Å². The van der Waals surface area contributed by atoms with Crippen LogP contribution in [0.1, 0.15) is 25.7 Å². The standard InChI is InChI=1S/C10H20N2/c11-5-6-12-7-9-3-1-2-4-10(9)8-12/h9-10H,1-8,11H2/t9-,10+. The molecule has 12 heavy (non-hydrogen) atoms. The van der Waals surface area contributed by atoms with Crippen molar-refractivity contribution in [1.82, 2.24) is 4.90 Å². The van der Waals surface area contributed by atoms with Gasteiger partial charge in [-0.15, -0.1) is 0 Å². The highest BCUT2D eigenvalue weighted by Gasteiger charge is 2.33. The van der Waals surface area contributed by atoms with Gasteiger partial charge < -0.3 is 10.6 Å². The molecule has 2 N–H and O–H groups in total. The van der Waals surface area contributed by atoms with Gasteiger partial charge >= 0.3 is 0 Å². The van der Waals surface area contributed by atoms with Crippen molar-refractivity contribution in [2.24, 2.45) is 17.6 Å². The maximum atomic E-state index is 5.56. The zero-order valence-electron chi connectivity index (χ0n) is 7.84. The Bertz CT molecular complexity index is 133. The molecule has 2 fully saturated rings. The van der Waals surface area contributed by atoms with E-state index in [1.807, 2.05) is 0 Å². The maximum Gasteiger partial charge on any atom is 0.0105 e. The van der Waals surface area contributed by atoms with Crippen LogP contribution >= 0.6 is 0 Å². The maximum absolute atomic E-state index is 5.56. The van der Waals surface area contributed by atoms with Gasteiger partial charge in [-0.1, -0.05) is 12.8 Å². The molecule has 0 aromatic carbocycles. The molecule has 2 rings (SSSR count). The van der Waals surface area contributed by atoms with Gasteiger partial charge in [-0.05, 0) is 24.7 Å². The number of likely N-dealkylation sites (tertiary alicyclic amines) is 1. The van der Waals surface area contributed by atoms with Crippen LogP contribution in [0.15, 0.2) is 0 Å². The molecule has 0 amide bonds. The smallest absolute Gasteiger partial charge is 0.0105 e. The number of nitrogens with zero attached hydrogens (tertiary/aromatic N) is 1. The Morgan fingerprint density at radius 3 is 2.17 bits per heavy atom. The summed E-state index contributed by atoms with van der Waals surface area (Å²) in [6, 6.07) is 0. The van der Waals surface area contributed by atoms with E-state index in [-0.39, 0.29) is 0 Å². The molecule has 0 unspecified atom stereocenters. The first-order chi connectivity index (χ1) is 5.90. The van der Waals surface area contributed by atoms with Crippen LogP contribution in [0.2, 0.25) is 0 Å². The number of hydrogen-bond donors (Lipinski definition) is 1.